The number of halogens is 1. The SMILES string of the molecule is CC(C)(C)n1c(-c2nc(N)ccc2F)nc2cc(-c3cnc(N)nc3)ccc21. The Hall–Kier alpha value is -3.55. The summed E-state index contributed by atoms with van der Waals surface area (Å²) in [6, 6.07) is 8.56. The van der Waals surface area contributed by atoms with E-state index in [1.165, 1.54) is 12.1 Å². The van der Waals surface area contributed by atoms with Gasteiger partial charge in [0, 0.05) is 23.5 Å². The molecule has 0 saturated heterocycles. The van der Waals surface area contributed by atoms with Gasteiger partial charge in [0.05, 0.1) is 11.0 Å². The van der Waals surface area contributed by atoms with Crippen molar-refractivity contribution in [2.45, 2.75) is 26.3 Å². The van der Waals surface area contributed by atoms with Crippen LogP contribution < -0.4 is 11.5 Å². The van der Waals surface area contributed by atoms with E-state index in [4.69, 9.17) is 16.5 Å². The molecule has 0 atom stereocenters. The van der Waals surface area contributed by atoms with Crippen LogP contribution in [0.4, 0.5) is 16.2 Å². The average molecular weight is 377 g/mol. The first-order valence-electron chi connectivity index (χ1n) is 8.77. The normalized spacial score (nSPS) is 11.9. The summed E-state index contributed by atoms with van der Waals surface area (Å²) in [7, 11) is 0. The number of nitrogen functional groups attached to an aromatic ring is 2. The summed E-state index contributed by atoms with van der Waals surface area (Å²) in [5.41, 5.74) is 14.4. The van der Waals surface area contributed by atoms with Crippen LogP contribution in [0.5, 0.6) is 0 Å². The number of nitrogens with two attached hydrogens (primary N) is 2. The molecular formula is C20H20FN7. The molecule has 0 radical (unpaired) electrons. The Morgan fingerprint density at radius 2 is 1.64 bits per heavy atom. The fourth-order valence-electron chi connectivity index (χ4n) is 3.20. The van der Waals surface area contributed by atoms with Gasteiger partial charge in [-0.15, -0.1) is 0 Å². The topological polar surface area (TPSA) is 109 Å². The largest absolute Gasteiger partial charge is 0.384 e. The molecule has 0 saturated carbocycles. The highest BCUT2D eigenvalue weighted by Gasteiger charge is 2.25. The maximum atomic E-state index is 14.5. The first kappa shape index (κ1) is 17.8. The number of nitrogens with zero attached hydrogens (tertiary/aromatic N) is 5. The molecule has 0 aliphatic rings. The molecule has 7 nitrogen and oxygen atoms in total. The predicted molar refractivity (Wildman–Crippen MR) is 108 cm³/mol. The molecule has 0 fully saturated rings. The fraction of sp³-hybridized carbons (Fsp3) is 0.200. The lowest BCUT2D eigenvalue weighted by Crippen LogP contribution is -2.23. The van der Waals surface area contributed by atoms with Crippen molar-refractivity contribution in [3.63, 3.8) is 0 Å². The van der Waals surface area contributed by atoms with E-state index in [1.54, 1.807) is 12.4 Å². The second-order valence-electron chi connectivity index (χ2n) is 7.54. The molecule has 0 amide bonds. The fourth-order valence-corrected chi connectivity index (χ4v) is 3.20. The lowest BCUT2D eigenvalue weighted by atomic mass is 10.1. The summed E-state index contributed by atoms with van der Waals surface area (Å²) >= 11 is 0. The van der Waals surface area contributed by atoms with E-state index in [-0.39, 0.29) is 23.0 Å². The number of imidazole rings is 1. The Balaban J connectivity index is 1.97. The van der Waals surface area contributed by atoms with Crippen LogP contribution in [0.2, 0.25) is 0 Å². The number of benzene rings is 1. The van der Waals surface area contributed by atoms with Gasteiger partial charge in [-0.05, 0) is 50.6 Å². The molecule has 3 aromatic heterocycles. The summed E-state index contributed by atoms with van der Waals surface area (Å²) in [6.45, 7) is 6.09. The minimum Gasteiger partial charge on any atom is -0.384 e. The number of hydrogen-bond acceptors (Lipinski definition) is 6. The summed E-state index contributed by atoms with van der Waals surface area (Å²) in [5, 5.41) is 0. The van der Waals surface area contributed by atoms with Crippen molar-refractivity contribution in [2.24, 2.45) is 0 Å². The minimum atomic E-state index is -0.470. The summed E-state index contributed by atoms with van der Waals surface area (Å²) in [6.07, 6.45) is 3.31. The molecule has 0 aliphatic carbocycles. The molecular weight excluding hydrogens is 357 g/mol. The molecule has 28 heavy (non-hydrogen) atoms. The maximum Gasteiger partial charge on any atom is 0.219 e. The van der Waals surface area contributed by atoms with Gasteiger partial charge >= 0.3 is 0 Å². The molecule has 0 aliphatic heterocycles. The number of hydrogen-bond donors (Lipinski definition) is 2. The Morgan fingerprint density at radius 1 is 0.929 bits per heavy atom. The van der Waals surface area contributed by atoms with Crippen molar-refractivity contribution in [3.8, 4) is 22.6 Å². The van der Waals surface area contributed by atoms with Crippen molar-refractivity contribution in [3.05, 3.63) is 48.5 Å². The molecule has 8 heteroatoms. The first-order valence-corrected chi connectivity index (χ1v) is 8.77. The minimum absolute atomic E-state index is 0.128. The van der Waals surface area contributed by atoms with Gasteiger partial charge in [-0.2, -0.15) is 0 Å². The van der Waals surface area contributed by atoms with Gasteiger partial charge in [-0.1, -0.05) is 6.07 Å². The molecule has 0 unspecified atom stereocenters. The Bertz CT molecular complexity index is 1170. The zero-order chi connectivity index (χ0) is 20.1. The smallest absolute Gasteiger partial charge is 0.219 e. The van der Waals surface area contributed by atoms with Crippen molar-refractivity contribution in [2.75, 3.05) is 11.5 Å². The van der Waals surface area contributed by atoms with Crippen molar-refractivity contribution < 1.29 is 4.39 Å². The monoisotopic (exact) mass is 377 g/mol. The average Bonchev–Trinajstić information content (AvgIpc) is 3.03. The lowest BCUT2D eigenvalue weighted by Gasteiger charge is -2.24. The van der Waals surface area contributed by atoms with E-state index >= 15 is 0 Å². The van der Waals surface area contributed by atoms with E-state index in [0.29, 0.717) is 11.3 Å². The second kappa shape index (κ2) is 6.26. The number of pyridine rings is 1. The third kappa shape index (κ3) is 3.02. The number of aromatic nitrogens is 5. The molecule has 4 aromatic rings. The molecule has 1 aromatic carbocycles. The van der Waals surface area contributed by atoms with Gasteiger partial charge in [-0.25, -0.2) is 24.3 Å². The summed E-state index contributed by atoms with van der Waals surface area (Å²) < 4.78 is 16.5. The highest BCUT2D eigenvalue weighted by atomic mass is 19.1. The predicted octanol–water partition coefficient (Wildman–Crippen LogP) is 3.61. The van der Waals surface area contributed by atoms with Crippen LogP contribution in [0.25, 0.3) is 33.7 Å². The summed E-state index contributed by atoms with van der Waals surface area (Å²) in [5.74, 6) is 0.413. The summed E-state index contributed by atoms with van der Waals surface area (Å²) in [4.78, 5) is 17.0. The van der Waals surface area contributed by atoms with Crippen molar-refractivity contribution >= 4 is 22.8 Å². The van der Waals surface area contributed by atoms with E-state index in [9.17, 15) is 4.39 Å². The highest BCUT2D eigenvalue weighted by molar-refractivity contribution is 5.85. The zero-order valence-electron chi connectivity index (χ0n) is 15.8. The van der Waals surface area contributed by atoms with Crippen LogP contribution in [0, 0.1) is 5.82 Å². The van der Waals surface area contributed by atoms with Crippen LogP contribution in [0.15, 0.2) is 42.7 Å². The van der Waals surface area contributed by atoms with Crippen LogP contribution in [0.1, 0.15) is 20.8 Å². The number of fused-ring (bicyclic) bond motifs is 1. The van der Waals surface area contributed by atoms with E-state index < -0.39 is 5.82 Å². The van der Waals surface area contributed by atoms with Gasteiger partial charge in [0.15, 0.2) is 11.6 Å². The molecule has 4 rings (SSSR count). The lowest BCUT2D eigenvalue weighted by molar-refractivity contribution is 0.412. The van der Waals surface area contributed by atoms with E-state index in [1.807, 2.05) is 43.5 Å². The van der Waals surface area contributed by atoms with Crippen LogP contribution in [-0.2, 0) is 5.54 Å². The van der Waals surface area contributed by atoms with Crippen LogP contribution in [0.3, 0.4) is 0 Å². The van der Waals surface area contributed by atoms with Gasteiger partial charge in [-0.3, -0.25) is 0 Å². The molecule has 3 heterocycles. The number of anilines is 2. The molecule has 0 spiro atoms. The molecule has 0 bridgehead atoms. The van der Waals surface area contributed by atoms with E-state index in [2.05, 4.69) is 15.0 Å². The molecule has 4 N–H and O–H groups in total. The third-order valence-corrected chi connectivity index (χ3v) is 4.41. The van der Waals surface area contributed by atoms with Gasteiger partial charge < -0.3 is 16.0 Å². The third-order valence-electron chi connectivity index (χ3n) is 4.41. The zero-order valence-corrected chi connectivity index (χ0v) is 15.8. The highest BCUT2D eigenvalue weighted by Crippen LogP contribution is 2.33. The quantitative estimate of drug-likeness (QED) is 0.552. The van der Waals surface area contributed by atoms with Gasteiger partial charge in [0.25, 0.3) is 0 Å². The van der Waals surface area contributed by atoms with Crippen molar-refractivity contribution in [1.29, 1.82) is 0 Å². The van der Waals surface area contributed by atoms with Crippen LogP contribution >= 0.6 is 0 Å². The molecule has 142 valence electrons. The van der Waals surface area contributed by atoms with Crippen LogP contribution in [-0.4, -0.2) is 24.5 Å². The Morgan fingerprint density at radius 3 is 2.32 bits per heavy atom. The Kier molecular flexibility index (Phi) is 3.99. The number of rotatable bonds is 2. The van der Waals surface area contributed by atoms with Gasteiger partial charge in [0.2, 0.25) is 5.95 Å². The van der Waals surface area contributed by atoms with Gasteiger partial charge in [0.1, 0.15) is 11.5 Å². The van der Waals surface area contributed by atoms with E-state index in [0.717, 1.165) is 16.6 Å². The maximum absolute atomic E-state index is 14.5. The Labute approximate surface area is 161 Å². The first-order chi connectivity index (χ1) is 13.2. The van der Waals surface area contributed by atoms with Crippen molar-refractivity contribution in [1.82, 2.24) is 24.5 Å². The second-order valence-corrected chi connectivity index (χ2v) is 7.54. The standard InChI is InChI=1S/C20H20FN7/c1-20(2,3)28-15-6-4-11(12-9-24-19(23)25-10-12)8-14(15)26-18(28)17-13(21)5-7-16(22)27-17/h4-10H,1-3H3,(H2,22,27)(H2,23,24,25).